The fourth-order valence-corrected chi connectivity index (χ4v) is 6.67. The standard InChI is InChI=1S/C24H37N5O2/c1-16(2)26-24(31)25-10-21-9-18-6-7-28(21)15-20(18)14-27-11-17-8-19(13-27)22-4-3-5-23(30)29(22)12-17/h3-5,16-21H,6-15H2,1-2H3,(H2,25,26,31)/t17-,18-,19+,20-,21+/m0/s1. The fraction of sp³-hybridized carbons (Fsp3) is 0.750. The Kier molecular flexibility index (Phi) is 5.82. The third-order valence-electron chi connectivity index (χ3n) is 7.98. The summed E-state index contributed by atoms with van der Waals surface area (Å²) in [4.78, 5) is 29.5. The van der Waals surface area contributed by atoms with E-state index in [1.54, 1.807) is 6.07 Å². The number of likely N-dealkylation sites (tertiary alicyclic amines) is 1. The van der Waals surface area contributed by atoms with Crippen molar-refractivity contribution in [3.63, 3.8) is 0 Å². The molecule has 2 N–H and O–H groups in total. The molecule has 0 saturated carbocycles. The molecule has 1 aromatic heterocycles. The minimum Gasteiger partial charge on any atom is -0.337 e. The number of nitrogens with one attached hydrogen (secondary N) is 2. The summed E-state index contributed by atoms with van der Waals surface area (Å²) < 4.78 is 2.03. The van der Waals surface area contributed by atoms with E-state index in [9.17, 15) is 9.59 Å². The Morgan fingerprint density at radius 1 is 1.16 bits per heavy atom. The molecule has 0 aliphatic carbocycles. The number of carbonyl (C=O) groups is 1. The van der Waals surface area contributed by atoms with Crippen molar-refractivity contribution in [2.45, 2.75) is 57.7 Å². The summed E-state index contributed by atoms with van der Waals surface area (Å²) in [6.07, 6.45) is 3.72. The number of urea groups is 1. The van der Waals surface area contributed by atoms with E-state index in [1.807, 2.05) is 24.5 Å². The van der Waals surface area contributed by atoms with Crippen LogP contribution < -0.4 is 16.2 Å². The average Bonchev–Trinajstić information content (AvgIpc) is 2.73. The molecular formula is C24H37N5O2. The number of carbonyl (C=O) groups excluding carboxylic acids is 1. The summed E-state index contributed by atoms with van der Waals surface area (Å²) in [7, 11) is 0. The number of pyridine rings is 1. The summed E-state index contributed by atoms with van der Waals surface area (Å²) in [6.45, 7) is 11.3. The summed E-state index contributed by atoms with van der Waals surface area (Å²) >= 11 is 0. The molecule has 1 unspecified atom stereocenters. The molecule has 4 fully saturated rings. The minimum atomic E-state index is -0.0477. The van der Waals surface area contributed by atoms with E-state index in [1.165, 1.54) is 38.0 Å². The lowest BCUT2D eigenvalue weighted by Crippen LogP contribution is -2.59. The molecule has 5 aliphatic rings. The molecule has 7 heteroatoms. The van der Waals surface area contributed by atoms with Gasteiger partial charge >= 0.3 is 6.03 Å². The molecule has 5 aliphatic heterocycles. The van der Waals surface area contributed by atoms with Crippen molar-refractivity contribution in [3.8, 4) is 0 Å². The third-order valence-corrected chi connectivity index (χ3v) is 7.98. The van der Waals surface area contributed by atoms with Crippen LogP contribution in [0.25, 0.3) is 0 Å². The van der Waals surface area contributed by atoms with Crippen LogP contribution in [0.2, 0.25) is 0 Å². The van der Waals surface area contributed by atoms with Crippen molar-refractivity contribution in [1.82, 2.24) is 25.0 Å². The van der Waals surface area contributed by atoms with Crippen molar-refractivity contribution in [2.75, 3.05) is 39.3 Å². The van der Waals surface area contributed by atoms with Crippen LogP contribution in [-0.4, -0.2) is 71.8 Å². The average molecular weight is 428 g/mol. The maximum Gasteiger partial charge on any atom is 0.315 e. The van der Waals surface area contributed by atoms with Gasteiger partial charge in [0.15, 0.2) is 0 Å². The van der Waals surface area contributed by atoms with Crippen LogP contribution in [0.3, 0.4) is 0 Å². The molecule has 0 spiro atoms. The maximum atomic E-state index is 12.3. The lowest BCUT2D eigenvalue weighted by atomic mass is 9.74. The summed E-state index contributed by atoms with van der Waals surface area (Å²) in [5.41, 5.74) is 1.41. The second-order valence-electron chi connectivity index (χ2n) is 10.6. The van der Waals surface area contributed by atoms with Crippen molar-refractivity contribution < 1.29 is 4.79 Å². The lowest BCUT2D eigenvalue weighted by molar-refractivity contribution is -0.0194. The maximum absolute atomic E-state index is 12.3. The Balaban J connectivity index is 1.17. The van der Waals surface area contributed by atoms with Gasteiger partial charge in [0.2, 0.25) is 0 Å². The van der Waals surface area contributed by atoms with Crippen LogP contribution in [0.1, 0.15) is 44.7 Å². The quantitative estimate of drug-likeness (QED) is 0.750. The van der Waals surface area contributed by atoms with E-state index in [0.717, 1.165) is 44.6 Å². The molecule has 6 atom stereocenters. The van der Waals surface area contributed by atoms with Crippen LogP contribution in [0, 0.1) is 17.8 Å². The van der Waals surface area contributed by atoms with Gasteiger partial charge in [-0.2, -0.15) is 0 Å². The van der Waals surface area contributed by atoms with Crippen molar-refractivity contribution in [3.05, 3.63) is 34.2 Å². The highest BCUT2D eigenvalue weighted by Gasteiger charge is 2.42. The molecule has 7 nitrogen and oxygen atoms in total. The normalized spacial score (nSPS) is 34.4. The topological polar surface area (TPSA) is 69.6 Å². The fourth-order valence-electron chi connectivity index (χ4n) is 6.67. The molecular weight excluding hydrogens is 390 g/mol. The Labute approximate surface area is 185 Å². The van der Waals surface area contributed by atoms with Gasteiger partial charge in [0, 0.05) is 69.0 Å². The zero-order chi connectivity index (χ0) is 21.5. The van der Waals surface area contributed by atoms with E-state index in [0.29, 0.717) is 17.9 Å². The molecule has 170 valence electrons. The molecule has 4 bridgehead atoms. The number of rotatable bonds is 5. The van der Waals surface area contributed by atoms with Crippen LogP contribution in [0.15, 0.2) is 23.0 Å². The molecule has 6 rings (SSSR count). The highest BCUT2D eigenvalue weighted by atomic mass is 16.2. The monoisotopic (exact) mass is 427 g/mol. The van der Waals surface area contributed by atoms with Crippen molar-refractivity contribution in [2.24, 2.45) is 17.8 Å². The van der Waals surface area contributed by atoms with Crippen LogP contribution in [0.5, 0.6) is 0 Å². The first kappa shape index (κ1) is 21.0. The van der Waals surface area contributed by atoms with Gasteiger partial charge in [-0.15, -0.1) is 0 Å². The van der Waals surface area contributed by atoms with E-state index < -0.39 is 0 Å². The van der Waals surface area contributed by atoms with Gasteiger partial charge < -0.3 is 20.1 Å². The highest BCUT2D eigenvalue weighted by Crippen LogP contribution is 2.39. The molecule has 6 heterocycles. The van der Waals surface area contributed by atoms with E-state index in [-0.39, 0.29) is 17.6 Å². The number of aromatic nitrogens is 1. The first-order valence-corrected chi connectivity index (χ1v) is 12.2. The third kappa shape index (κ3) is 4.40. The first-order valence-electron chi connectivity index (χ1n) is 12.2. The molecule has 31 heavy (non-hydrogen) atoms. The Hall–Kier alpha value is -1.86. The van der Waals surface area contributed by atoms with Gasteiger partial charge in [-0.3, -0.25) is 9.69 Å². The van der Waals surface area contributed by atoms with E-state index in [2.05, 4.69) is 26.5 Å². The van der Waals surface area contributed by atoms with Crippen LogP contribution in [0.4, 0.5) is 4.79 Å². The molecule has 0 radical (unpaired) electrons. The second-order valence-corrected chi connectivity index (χ2v) is 10.6. The van der Waals surface area contributed by atoms with Gasteiger partial charge in [0.25, 0.3) is 5.56 Å². The number of piperidine rings is 4. The van der Waals surface area contributed by atoms with Crippen molar-refractivity contribution in [1.29, 1.82) is 0 Å². The minimum absolute atomic E-state index is 0.0477. The summed E-state index contributed by atoms with van der Waals surface area (Å²) in [5.74, 6) is 2.59. The number of nitrogens with zero attached hydrogens (tertiary/aromatic N) is 3. The first-order chi connectivity index (χ1) is 15.0. The lowest BCUT2D eigenvalue weighted by Gasteiger charge is -2.52. The molecule has 1 aromatic rings. The summed E-state index contributed by atoms with van der Waals surface area (Å²) in [6, 6.07) is 6.39. The second kappa shape index (κ2) is 8.58. The number of amides is 2. The molecule has 4 saturated heterocycles. The molecule has 0 aromatic carbocycles. The molecule has 2 amide bonds. The Bertz CT molecular complexity index is 868. The predicted molar refractivity (Wildman–Crippen MR) is 121 cm³/mol. The summed E-state index contributed by atoms with van der Waals surface area (Å²) in [5, 5.41) is 6.00. The van der Waals surface area contributed by atoms with Gasteiger partial charge in [-0.05, 0) is 63.5 Å². The highest BCUT2D eigenvalue weighted by molar-refractivity contribution is 5.74. The van der Waals surface area contributed by atoms with Crippen LogP contribution >= 0.6 is 0 Å². The van der Waals surface area contributed by atoms with Crippen molar-refractivity contribution >= 4 is 6.03 Å². The van der Waals surface area contributed by atoms with E-state index >= 15 is 0 Å². The SMILES string of the molecule is CC(C)NC(=O)NC[C@H]1C[C@@H]2CCN1C[C@@H]2CN1C[C@@H]2C[C@H](C1)c1cccc(=O)n1C2. The van der Waals surface area contributed by atoms with Gasteiger partial charge in [-0.1, -0.05) is 6.07 Å². The van der Waals surface area contributed by atoms with Gasteiger partial charge in [0.05, 0.1) is 0 Å². The zero-order valence-corrected chi connectivity index (χ0v) is 18.9. The zero-order valence-electron chi connectivity index (χ0n) is 18.9. The number of hydrogen-bond donors (Lipinski definition) is 2. The van der Waals surface area contributed by atoms with Crippen LogP contribution in [-0.2, 0) is 6.54 Å². The smallest absolute Gasteiger partial charge is 0.315 e. The Morgan fingerprint density at radius 2 is 2.03 bits per heavy atom. The number of fused-ring (bicyclic) bond motifs is 7. The van der Waals surface area contributed by atoms with E-state index in [4.69, 9.17) is 0 Å². The Morgan fingerprint density at radius 3 is 2.81 bits per heavy atom. The van der Waals surface area contributed by atoms with Gasteiger partial charge in [-0.25, -0.2) is 4.79 Å². The van der Waals surface area contributed by atoms with Gasteiger partial charge in [0.1, 0.15) is 0 Å². The predicted octanol–water partition coefficient (Wildman–Crippen LogP) is 1.69. The largest absolute Gasteiger partial charge is 0.337 e. The number of hydrogen-bond acceptors (Lipinski definition) is 4.